The highest BCUT2D eigenvalue weighted by Gasteiger charge is 2.13. The smallest absolute Gasteiger partial charge is 0.124 e. The van der Waals surface area contributed by atoms with Crippen LogP contribution in [0.15, 0.2) is 41.1 Å². The molecule has 2 rings (SSSR count). The van der Waals surface area contributed by atoms with Crippen molar-refractivity contribution in [2.75, 3.05) is 0 Å². The molecule has 0 aliphatic rings. The Morgan fingerprint density at radius 1 is 1.44 bits per heavy atom. The summed E-state index contributed by atoms with van der Waals surface area (Å²) in [6.07, 6.45) is 4.30. The minimum Gasteiger partial charge on any atom is -0.347 e. The van der Waals surface area contributed by atoms with Gasteiger partial charge in [0.1, 0.15) is 5.82 Å². The van der Waals surface area contributed by atoms with Crippen LogP contribution in [0.2, 0.25) is 0 Å². The van der Waals surface area contributed by atoms with Crippen LogP contribution in [0.4, 0.5) is 0 Å². The van der Waals surface area contributed by atoms with Gasteiger partial charge in [0.15, 0.2) is 0 Å². The van der Waals surface area contributed by atoms with Crippen molar-refractivity contribution < 1.29 is 0 Å². The van der Waals surface area contributed by atoms with Crippen molar-refractivity contribution >= 4 is 15.9 Å². The second-order valence-corrected chi connectivity index (χ2v) is 4.34. The van der Waals surface area contributed by atoms with E-state index in [1.807, 2.05) is 18.2 Å². The van der Waals surface area contributed by atoms with E-state index in [0.29, 0.717) is 0 Å². The van der Waals surface area contributed by atoms with Crippen LogP contribution >= 0.6 is 15.9 Å². The first-order valence-electron chi connectivity index (χ1n) is 5.00. The number of nitrogens with zero attached hydrogens (tertiary/aromatic N) is 1. The number of H-pyrrole nitrogens is 1. The van der Waals surface area contributed by atoms with Gasteiger partial charge in [0, 0.05) is 16.9 Å². The topological polar surface area (TPSA) is 66.7 Å². The molecule has 0 fully saturated rings. The van der Waals surface area contributed by atoms with Gasteiger partial charge in [-0.1, -0.05) is 34.1 Å². The van der Waals surface area contributed by atoms with Crippen LogP contribution in [-0.4, -0.2) is 9.97 Å². The zero-order valence-corrected chi connectivity index (χ0v) is 10.2. The Kier molecular flexibility index (Phi) is 3.71. The standard InChI is InChI=1S/C11H13BrN4/c12-9-4-2-1-3-8(9)7-10(16-13)11-14-5-6-15-11/h1-6,10,16H,7,13H2,(H,14,15). The molecule has 4 nitrogen and oxygen atoms in total. The van der Waals surface area contributed by atoms with Gasteiger partial charge in [0.2, 0.25) is 0 Å². The van der Waals surface area contributed by atoms with Crippen LogP contribution in [0.25, 0.3) is 0 Å². The maximum atomic E-state index is 5.54. The van der Waals surface area contributed by atoms with Crippen molar-refractivity contribution in [2.24, 2.45) is 5.84 Å². The zero-order chi connectivity index (χ0) is 11.4. The van der Waals surface area contributed by atoms with E-state index in [1.165, 1.54) is 5.56 Å². The van der Waals surface area contributed by atoms with Crippen LogP contribution in [0.1, 0.15) is 17.4 Å². The van der Waals surface area contributed by atoms with Gasteiger partial charge in [-0.15, -0.1) is 0 Å². The fraction of sp³-hybridized carbons (Fsp3) is 0.182. The summed E-state index contributed by atoms with van der Waals surface area (Å²) in [4.78, 5) is 7.26. The highest BCUT2D eigenvalue weighted by molar-refractivity contribution is 9.10. The SMILES string of the molecule is NNC(Cc1ccccc1Br)c1ncc[nH]1. The summed E-state index contributed by atoms with van der Waals surface area (Å²) in [6, 6.07) is 8.08. The summed E-state index contributed by atoms with van der Waals surface area (Å²) in [7, 11) is 0. The molecule has 1 unspecified atom stereocenters. The van der Waals surface area contributed by atoms with Crippen molar-refractivity contribution in [1.29, 1.82) is 0 Å². The van der Waals surface area contributed by atoms with E-state index < -0.39 is 0 Å². The maximum absolute atomic E-state index is 5.54. The number of rotatable bonds is 4. The Balaban J connectivity index is 2.17. The van der Waals surface area contributed by atoms with Gasteiger partial charge in [0.05, 0.1) is 6.04 Å². The summed E-state index contributed by atoms with van der Waals surface area (Å²) in [5.41, 5.74) is 3.96. The van der Waals surface area contributed by atoms with Crippen molar-refractivity contribution in [1.82, 2.24) is 15.4 Å². The molecule has 1 heterocycles. The second kappa shape index (κ2) is 5.25. The van der Waals surface area contributed by atoms with Gasteiger partial charge in [-0.3, -0.25) is 5.84 Å². The van der Waals surface area contributed by atoms with Crippen LogP contribution < -0.4 is 11.3 Å². The van der Waals surface area contributed by atoms with Crippen molar-refractivity contribution in [2.45, 2.75) is 12.5 Å². The molecule has 0 aliphatic carbocycles. The minimum atomic E-state index is -0.00583. The molecular formula is C11H13BrN4. The second-order valence-electron chi connectivity index (χ2n) is 3.49. The van der Waals surface area contributed by atoms with Crippen LogP contribution in [0.3, 0.4) is 0 Å². The van der Waals surface area contributed by atoms with Gasteiger partial charge in [0.25, 0.3) is 0 Å². The predicted octanol–water partition coefficient (Wildman–Crippen LogP) is 1.92. The van der Waals surface area contributed by atoms with Gasteiger partial charge < -0.3 is 4.98 Å². The Hall–Kier alpha value is -1.17. The molecule has 84 valence electrons. The van der Waals surface area contributed by atoms with Gasteiger partial charge in [-0.2, -0.15) is 0 Å². The lowest BCUT2D eigenvalue weighted by Crippen LogP contribution is -2.30. The molecule has 0 aliphatic heterocycles. The summed E-state index contributed by atoms with van der Waals surface area (Å²) in [6.45, 7) is 0. The lowest BCUT2D eigenvalue weighted by Gasteiger charge is -2.14. The van der Waals surface area contributed by atoms with Crippen molar-refractivity contribution in [3.8, 4) is 0 Å². The first-order chi connectivity index (χ1) is 7.81. The number of halogens is 1. The highest BCUT2D eigenvalue weighted by atomic mass is 79.9. The molecule has 16 heavy (non-hydrogen) atoms. The lowest BCUT2D eigenvalue weighted by molar-refractivity contribution is 0.526. The summed E-state index contributed by atoms with van der Waals surface area (Å²) < 4.78 is 1.09. The first kappa shape index (κ1) is 11.3. The highest BCUT2D eigenvalue weighted by Crippen LogP contribution is 2.21. The monoisotopic (exact) mass is 280 g/mol. The van der Waals surface area contributed by atoms with Crippen LogP contribution in [0, 0.1) is 0 Å². The molecule has 5 heteroatoms. The van der Waals surface area contributed by atoms with E-state index in [9.17, 15) is 0 Å². The van der Waals surface area contributed by atoms with E-state index >= 15 is 0 Å². The Labute approximate surface area is 102 Å². The number of benzene rings is 1. The Morgan fingerprint density at radius 2 is 2.25 bits per heavy atom. The predicted molar refractivity (Wildman–Crippen MR) is 66.5 cm³/mol. The molecule has 4 N–H and O–H groups in total. The fourth-order valence-electron chi connectivity index (χ4n) is 1.59. The zero-order valence-electron chi connectivity index (χ0n) is 8.65. The van der Waals surface area contributed by atoms with E-state index in [1.54, 1.807) is 12.4 Å². The van der Waals surface area contributed by atoms with Crippen LogP contribution in [-0.2, 0) is 6.42 Å². The molecule has 1 aromatic heterocycles. The third-order valence-corrected chi connectivity index (χ3v) is 3.21. The third kappa shape index (κ3) is 2.49. The number of hydrogen-bond donors (Lipinski definition) is 3. The average molecular weight is 281 g/mol. The van der Waals surface area contributed by atoms with E-state index in [-0.39, 0.29) is 6.04 Å². The van der Waals surface area contributed by atoms with Crippen LogP contribution in [0.5, 0.6) is 0 Å². The summed E-state index contributed by atoms with van der Waals surface area (Å²) in [5, 5.41) is 0. The average Bonchev–Trinajstić information content (AvgIpc) is 2.81. The Morgan fingerprint density at radius 3 is 2.88 bits per heavy atom. The molecular weight excluding hydrogens is 268 g/mol. The third-order valence-electron chi connectivity index (χ3n) is 2.43. The quantitative estimate of drug-likeness (QED) is 0.592. The maximum Gasteiger partial charge on any atom is 0.124 e. The molecule has 0 saturated heterocycles. The molecule has 0 spiro atoms. The molecule has 0 amide bonds. The number of aromatic amines is 1. The molecule has 1 atom stereocenters. The molecule has 2 aromatic rings. The Bertz CT molecular complexity index is 441. The number of imidazole rings is 1. The van der Waals surface area contributed by atoms with Gasteiger partial charge in [-0.05, 0) is 18.1 Å². The number of nitrogens with two attached hydrogens (primary N) is 1. The number of hydrogen-bond acceptors (Lipinski definition) is 3. The number of aromatic nitrogens is 2. The summed E-state index contributed by atoms with van der Waals surface area (Å²) in [5.74, 6) is 6.38. The fourth-order valence-corrected chi connectivity index (χ4v) is 2.03. The minimum absolute atomic E-state index is 0.00583. The van der Waals surface area contributed by atoms with Crippen molar-refractivity contribution in [3.63, 3.8) is 0 Å². The summed E-state index contributed by atoms with van der Waals surface area (Å²) >= 11 is 3.52. The normalized spacial score (nSPS) is 12.6. The van der Waals surface area contributed by atoms with Gasteiger partial charge in [-0.25, -0.2) is 10.4 Å². The number of nitrogens with one attached hydrogen (secondary N) is 2. The molecule has 0 radical (unpaired) electrons. The first-order valence-corrected chi connectivity index (χ1v) is 5.79. The largest absolute Gasteiger partial charge is 0.347 e. The van der Waals surface area contributed by atoms with E-state index in [4.69, 9.17) is 5.84 Å². The van der Waals surface area contributed by atoms with Crippen molar-refractivity contribution in [3.05, 3.63) is 52.5 Å². The number of hydrazine groups is 1. The van der Waals surface area contributed by atoms with E-state index in [2.05, 4.69) is 37.4 Å². The molecule has 0 bridgehead atoms. The van der Waals surface area contributed by atoms with Gasteiger partial charge >= 0.3 is 0 Å². The van der Waals surface area contributed by atoms with E-state index in [0.717, 1.165) is 16.7 Å². The molecule has 0 saturated carbocycles. The lowest BCUT2D eigenvalue weighted by atomic mass is 10.1. The molecule has 1 aromatic carbocycles.